The second-order valence-electron chi connectivity index (χ2n) is 5.69. The fourth-order valence-corrected chi connectivity index (χ4v) is 3.37. The molecule has 1 aliphatic heterocycles. The van der Waals surface area contributed by atoms with Crippen molar-refractivity contribution in [1.29, 1.82) is 0 Å². The van der Waals surface area contributed by atoms with Crippen LogP contribution in [0.15, 0.2) is 30.3 Å². The van der Waals surface area contributed by atoms with Crippen molar-refractivity contribution < 1.29 is 9.53 Å². The lowest BCUT2D eigenvalue weighted by Gasteiger charge is -2.37. The monoisotopic (exact) mass is 290 g/mol. The SMILES string of the molecule is CCC1CCCN1CC(NC)(C(=O)OC)c1ccccc1. The van der Waals surface area contributed by atoms with Crippen LogP contribution in [-0.2, 0) is 15.1 Å². The van der Waals surface area contributed by atoms with Gasteiger partial charge in [0.25, 0.3) is 0 Å². The van der Waals surface area contributed by atoms with Crippen LogP contribution >= 0.6 is 0 Å². The minimum Gasteiger partial charge on any atom is -0.467 e. The zero-order valence-corrected chi connectivity index (χ0v) is 13.3. The molecule has 0 spiro atoms. The highest BCUT2D eigenvalue weighted by atomic mass is 16.5. The summed E-state index contributed by atoms with van der Waals surface area (Å²) in [6, 6.07) is 10.4. The highest BCUT2D eigenvalue weighted by Gasteiger charge is 2.43. The number of carbonyl (C=O) groups excluding carboxylic acids is 1. The number of hydrogen-bond acceptors (Lipinski definition) is 4. The Morgan fingerprint density at radius 2 is 2.14 bits per heavy atom. The maximum atomic E-state index is 12.5. The van der Waals surface area contributed by atoms with E-state index in [-0.39, 0.29) is 5.97 Å². The second kappa shape index (κ2) is 7.05. The van der Waals surface area contributed by atoms with E-state index in [0.717, 1.165) is 18.5 Å². The number of benzene rings is 1. The first kappa shape index (κ1) is 16.0. The number of likely N-dealkylation sites (tertiary alicyclic amines) is 1. The summed E-state index contributed by atoms with van der Waals surface area (Å²) in [7, 11) is 3.29. The van der Waals surface area contributed by atoms with E-state index in [4.69, 9.17) is 4.74 Å². The molecule has 116 valence electrons. The maximum Gasteiger partial charge on any atom is 0.332 e. The lowest BCUT2D eigenvalue weighted by atomic mass is 9.89. The van der Waals surface area contributed by atoms with Gasteiger partial charge >= 0.3 is 5.97 Å². The standard InChI is InChI=1S/C17H26N2O2/c1-4-15-11-8-12-19(15)13-17(18-2,16(20)21-3)14-9-6-5-7-10-14/h5-7,9-10,15,18H,4,8,11-13H2,1-3H3. The molecule has 0 radical (unpaired) electrons. The molecule has 21 heavy (non-hydrogen) atoms. The Morgan fingerprint density at radius 3 is 2.71 bits per heavy atom. The first-order valence-corrected chi connectivity index (χ1v) is 7.74. The molecule has 2 atom stereocenters. The lowest BCUT2D eigenvalue weighted by Crippen LogP contribution is -2.56. The molecule has 0 aliphatic carbocycles. The highest BCUT2D eigenvalue weighted by molar-refractivity contribution is 5.83. The first-order chi connectivity index (χ1) is 10.2. The zero-order chi connectivity index (χ0) is 15.3. The molecule has 4 heteroatoms. The molecule has 1 N–H and O–H groups in total. The molecule has 1 aromatic rings. The van der Waals surface area contributed by atoms with Crippen LogP contribution in [0.2, 0.25) is 0 Å². The van der Waals surface area contributed by atoms with Crippen LogP contribution in [0.1, 0.15) is 31.7 Å². The Kier molecular flexibility index (Phi) is 5.37. The zero-order valence-electron chi connectivity index (χ0n) is 13.3. The predicted molar refractivity (Wildman–Crippen MR) is 84.1 cm³/mol. The Balaban J connectivity index is 2.34. The maximum absolute atomic E-state index is 12.5. The van der Waals surface area contributed by atoms with E-state index in [2.05, 4.69) is 17.1 Å². The molecule has 0 aromatic heterocycles. The number of nitrogens with zero attached hydrogens (tertiary/aromatic N) is 1. The Hall–Kier alpha value is -1.39. The Labute approximate surface area is 127 Å². The summed E-state index contributed by atoms with van der Waals surface area (Å²) in [6.07, 6.45) is 3.54. The molecule has 1 heterocycles. The largest absolute Gasteiger partial charge is 0.467 e. The number of methoxy groups -OCH3 is 1. The van der Waals surface area contributed by atoms with Crippen LogP contribution in [0.25, 0.3) is 0 Å². The van der Waals surface area contributed by atoms with Crippen LogP contribution in [0.4, 0.5) is 0 Å². The van der Waals surface area contributed by atoms with Crippen molar-refractivity contribution in [3.05, 3.63) is 35.9 Å². The summed E-state index contributed by atoms with van der Waals surface area (Å²) in [5.41, 5.74) is 0.162. The van der Waals surface area contributed by atoms with E-state index >= 15 is 0 Å². The van der Waals surface area contributed by atoms with Gasteiger partial charge in [-0.05, 0) is 38.4 Å². The van der Waals surface area contributed by atoms with E-state index in [0.29, 0.717) is 12.6 Å². The van der Waals surface area contributed by atoms with Gasteiger partial charge in [0.15, 0.2) is 5.54 Å². The third-order valence-electron chi connectivity index (χ3n) is 4.64. The summed E-state index contributed by atoms with van der Waals surface area (Å²) in [4.78, 5) is 15.0. The van der Waals surface area contributed by atoms with Gasteiger partial charge in [0.05, 0.1) is 7.11 Å². The van der Waals surface area contributed by atoms with Gasteiger partial charge in [0.1, 0.15) is 0 Å². The van der Waals surface area contributed by atoms with E-state index in [1.165, 1.54) is 20.0 Å². The molecule has 2 unspecified atom stereocenters. The fourth-order valence-electron chi connectivity index (χ4n) is 3.37. The van der Waals surface area contributed by atoms with Crippen LogP contribution in [-0.4, -0.2) is 44.2 Å². The molecule has 1 aliphatic rings. The third kappa shape index (κ3) is 3.11. The molecule has 0 amide bonds. The molecule has 1 aromatic carbocycles. The number of ether oxygens (including phenoxy) is 1. The van der Waals surface area contributed by atoms with Crippen LogP contribution < -0.4 is 5.32 Å². The number of hydrogen-bond donors (Lipinski definition) is 1. The molecule has 1 fully saturated rings. The number of nitrogens with one attached hydrogen (secondary N) is 1. The van der Waals surface area contributed by atoms with Gasteiger partial charge in [-0.1, -0.05) is 37.3 Å². The molecule has 0 saturated carbocycles. The highest BCUT2D eigenvalue weighted by Crippen LogP contribution is 2.29. The number of esters is 1. The average molecular weight is 290 g/mol. The van der Waals surface area contributed by atoms with Gasteiger partial charge in [-0.2, -0.15) is 0 Å². The van der Waals surface area contributed by atoms with Crippen LogP contribution in [0.3, 0.4) is 0 Å². The first-order valence-electron chi connectivity index (χ1n) is 7.74. The molecule has 1 saturated heterocycles. The van der Waals surface area contributed by atoms with Gasteiger partial charge in [0.2, 0.25) is 0 Å². The van der Waals surface area contributed by atoms with Gasteiger partial charge in [-0.25, -0.2) is 4.79 Å². The number of rotatable bonds is 6. The molecule has 2 rings (SSSR count). The summed E-state index contributed by atoms with van der Waals surface area (Å²) in [5.74, 6) is -0.224. The van der Waals surface area contributed by atoms with E-state index in [1.807, 2.05) is 37.4 Å². The van der Waals surface area contributed by atoms with E-state index < -0.39 is 5.54 Å². The van der Waals surface area contributed by atoms with Crippen molar-refractivity contribution in [3.8, 4) is 0 Å². The van der Waals surface area contributed by atoms with Gasteiger partial charge in [-0.15, -0.1) is 0 Å². The average Bonchev–Trinajstić information content (AvgIpc) is 2.99. The van der Waals surface area contributed by atoms with Crippen molar-refractivity contribution in [2.45, 2.75) is 37.8 Å². The topological polar surface area (TPSA) is 41.6 Å². The van der Waals surface area contributed by atoms with Gasteiger partial charge in [-0.3, -0.25) is 4.90 Å². The molecular formula is C17H26N2O2. The second-order valence-corrected chi connectivity index (χ2v) is 5.69. The smallest absolute Gasteiger partial charge is 0.332 e. The van der Waals surface area contributed by atoms with Crippen LogP contribution in [0, 0.1) is 0 Å². The van der Waals surface area contributed by atoms with Crippen molar-refractivity contribution >= 4 is 5.97 Å². The normalized spacial score (nSPS) is 22.0. The minimum atomic E-state index is -0.798. The van der Waals surface area contributed by atoms with Gasteiger partial charge < -0.3 is 10.1 Å². The van der Waals surface area contributed by atoms with Crippen molar-refractivity contribution in [1.82, 2.24) is 10.2 Å². The lowest BCUT2D eigenvalue weighted by molar-refractivity contribution is -0.150. The van der Waals surface area contributed by atoms with E-state index in [1.54, 1.807) is 0 Å². The van der Waals surface area contributed by atoms with Crippen LogP contribution in [0.5, 0.6) is 0 Å². The quantitative estimate of drug-likeness (QED) is 0.815. The Bertz CT molecular complexity index is 463. The molecule has 4 nitrogen and oxygen atoms in total. The third-order valence-corrected chi connectivity index (χ3v) is 4.64. The predicted octanol–water partition coefficient (Wildman–Crippen LogP) is 2.15. The fraction of sp³-hybridized carbons (Fsp3) is 0.588. The van der Waals surface area contributed by atoms with Gasteiger partial charge in [0, 0.05) is 12.6 Å². The number of carbonyl (C=O) groups is 1. The summed E-state index contributed by atoms with van der Waals surface area (Å²) in [5, 5.41) is 3.24. The summed E-state index contributed by atoms with van der Waals surface area (Å²) >= 11 is 0. The summed E-state index contributed by atoms with van der Waals surface area (Å²) in [6.45, 7) is 3.91. The van der Waals surface area contributed by atoms with Crippen molar-refractivity contribution in [3.63, 3.8) is 0 Å². The minimum absolute atomic E-state index is 0.224. The van der Waals surface area contributed by atoms with Crippen molar-refractivity contribution in [2.75, 3.05) is 27.2 Å². The molecular weight excluding hydrogens is 264 g/mol. The Morgan fingerprint density at radius 1 is 1.43 bits per heavy atom. The van der Waals surface area contributed by atoms with E-state index in [9.17, 15) is 4.79 Å². The summed E-state index contributed by atoms with van der Waals surface area (Å²) < 4.78 is 5.11. The van der Waals surface area contributed by atoms with Crippen molar-refractivity contribution in [2.24, 2.45) is 0 Å². The number of likely N-dealkylation sites (N-methyl/N-ethyl adjacent to an activating group) is 1. The molecule has 0 bridgehead atoms.